The number of carbonyl (C=O) groups is 2. The van der Waals surface area contributed by atoms with Gasteiger partial charge in [0.2, 0.25) is 0 Å². The van der Waals surface area contributed by atoms with Crippen molar-refractivity contribution in [3.8, 4) is 0 Å². The first-order chi connectivity index (χ1) is 10.1. The van der Waals surface area contributed by atoms with Gasteiger partial charge in [-0.05, 0) is 25.7 Å². The summed E-state index contributed by atoms with van der Waals surface area (Å²) < 4.78 is 5.17. The first-order valence-corrected chi connectivity index (χ1v) is 7.65. The Hall–Kier alpha value is -1.78. The minimum atomic E-state index is -1.00. The van der Waals surface area contributed by atoms with Crippen LogP contribution in [0.25, 0.3) is 0 Å². The van der Waals surface area contributed by atoms with E-state index in [9.17, 15) is 9.59 Å². The molecule has 0 aromatic carbocycles. The van der Waals surface area contributed by atoms with Crippen molar-refractivity contribution in [2.45, 2.75) is 51.9 Å². The molecule has 0 radical (unpaired) electrons. The normalized spacial score (nSPS) is 15.3. The van der Waals surface area contributed by atoms with Crippen molar-refractivity contribution < 1.29 is 19.1 Å². The third-order valence-corrected chi connectivity index (χ3v) is 4.14. The minimum absolute atomic E-state index is 0.230. The van der Waals surface area contributed by atoms with Crippen LogP contribution in [0.5, 0.6) is 0 Å². The zero-order chi connectivity index (χ0) is 15.2. The molecule has 0 atom stereocenters. The Morgan fingerprint density at radius 1 is 1.38 bits per heavy atom. The number of carboxylic acid groups (broad SMARTS) is 1. The molecule has 116 valence electrons. The first kappa shape index (κ1) is 15.6. The lowest BCUT2D eigenvalue weighted by Gasteiger charge is -2.09. The van der Waals surface area contributed by atoms with Crippen molar-refractivity contribution in [1.29, 1.82) is 0 Å². The lowest BCUT2D eigenvalue weighted by Crippen LogP contribution is -2.26. The van der Waals surface area contributed by atoms with Gasteiger partial charge in [0.1, 0.15) is 12.2 Å². The summed E-state index contributed by atoms with van der Waals surface area (Å²) in [5, 5.41) is 11.7. The first-order valence-electron chi connectivity index (χ1n) is 7.65. The second-order valence-corrected chi connectivity index (χ2v) is 5.84. The monoisotopic (exact) mass is 293 g/mol. The number of aliphatic carboxylic acids is 1. The molecule has 0 spiro atoms. The van der Waals surface area contributed by atoms with Crippen LogP contribution >= 0.6 is 0 Å². The maximum absolute atomic E-state index is 12.2. The van der Waals surface area contributed by atoms with Crippen LogP contribution in [0.15, 0.2) is 10.7 Å². The van der Waals surface area contributed by atoms with Crippen molar-refractivity contribution in [2.75, 3.05) is 6.54 Å². The van der Waals surface area contributed by atoms with E-state index in [-0.39, 0.29) is 18.1 Å². The second-order valence-electron chi connectivity index (χ2n) is 5.84. The summed E-state index contributed by atoms with van der Waals surface area (Å²) in [6.07, 6.45) is 8.61. The fourth-order valence-corrected chi connectivity index (χ4v) is 3.05. The Bertz CT molecular complexity index is 500. The molecule has 2 N–H and O–H groups in total. The third kappa shape index (κ3) is 4.34. The van der Waals surface area contributed by atoms with Crippen molar-refractivity contribution >= 4 is 11.9 Å². The summed E-state index contributed by atoms with van der Waals surface area (Å²) >= 11 is 0. The van der Waals surface area contributed by atoms with E-state index >= 15 is 0 Å². The summed E-state index contributed by atoms with van der Waals surface area (Å²) in [6.45, 7) is 2.38. The Kier molecular flexibility index (Phi) is 5.42. The molecule has 1 heterocycles. The lowest BCUT2D eigenvalue weighted by molar-refractivity contribution is -0.136. The smallest absolute Gasteiger partial charge is 0.311 e. The van der Waals surface area contributed by atoms with E-state index in [2.05, 4.69) is 5.32 Å². The van der Waals surface area contributed by atoms with E-state index in [1.807, 2.05) is 0 Å². The van der Waals surface area contributed by atoms with E-state index < -0.39 is 5.97 Å². The zero-order valence-electron chi connectivity index (χ0n) is 12.5. The highest BCUT2D eigenvalue weighted by molar-refractivity contribution is 5.97. The fraction of sp³-hybridized carbons (Fsp3) is 0.625. The number of amides is 1. The van der Waals surface area contributed by atoms with Crippen LogP contribution in [0.3, 0.4) is 0 Å². The van der Waals surface area contributed by atoms with Gasteiger partial charge in [0.05, 0.1) is 11.8 Å². The van der Waals surface area contributed by atoms with E-state index in [1.54, 1.807) is 6.92 Å². The van der Waals surface area contributed by atoms with Gasteiger partial charge < -0.3 is 14.8 Å². The lowest BCUT2D eigenvalue weighted by atomic mass is 10.0. The van der Waals surface area contributed by atoms with E-state index in [0.717, 1.165) is 18.8 Å². The molecule has 1 fully saturated rings. The molecule has 1 aromatic heterocycles. The summed E-state index contributed by atoms with van der Waals surface area (Å²) in [7, 11) is 0. The molecule has 0 unspecified atom stereocenters. The van der Waals surface area contributed by atoms with Gasteiger partial charge in [-0.3, -0.25) is 9.59 Å². The average Bonchev–Trinajstić information content (AvgIpc) is 3.04. The Morgan fingerprint density at radius 2 is 2.10 bits per heavy atom. The van der Waals surface area contributed by atoms with Crippen LogP contribution in [-0.2, 0) is 11.2 Å². The van der Waals surface area contributed by atoms with Crippen LogP contribution in [0.1, 0.15) is 60.2 Å². The fourth-order valence-electron chi connectivity index (χ4n) is 3.05. The van der Waals surface area contributed by atoms with Gasteiger partial charge in [-0.2, -0.15) is 0 Å². The van der Waals surface area contributed by atoms with E-state index in [0.29, 0.717) is 17.7 Å². The van der Waals surface area contributed by atoms with Crippen molar-refractivity contribution in [2.24, 2.45) is 5.92 Å². The minimum Gasteiger partial charge on any atom is -0.481 e. The number of carbonyl (C=O) groups excluding carboxylic acids is 1. The van der Waals surface area contributed by atoms with Gasteiger partial charge in [-0.25, -0.2) is 0 Å². The average molecular weight is 293 g/mol. The molecule has 1 aliphatic rings. The molecule has 1 saturated carbocycles. The molecule has 5 nitrogen and oxygen atoms in total. The predicted molar refractivity (Wildman–Crippen MR) is 78.3 cm³/mol. The second kappa shape index (κ2) is 7.29. The van der Waals surface area contributed by atoms with Crippen LogP contribution < -0.4 is 5.32 Å². The Morgan fingerprint density at radius 3 is 2.76 bits per heavy atom. The number of nitrogens with one attached hydrogen (secondary N) is 1. The maximum atomic E-state index is 12.2. The number of aryl methyl sites for hydroxylation is 1. The van der Waals surface area contributed by atoms with Crippen LogP contribution in [0.2, 0.25) is 0 Å². The van der Waals surface area contributed by atoms with E-state index in [4.69, 9.17) is 9.52 Å². The van der Waals surface area contributed by atoms with Crippen LogP contribution in [0, 0.1) is 12.8 Å². The molecule has 1 aliphatic carbocycles. The summed E-state index contributed by atoms with van der Waals surface area (Å²) in [5.74, 6) is -0.183. The summed E-state index contributed by atoms with van der Waals surface area (Å²) in [6, 6.07) is 0. The standard InChI is InChI=1S/C16H23NO4/c1-11-10-21-13(9-14(18)19)15(11)16(20)17-8-4-7-12-5-2-3-6-12/h10,12H,2-9H2,1H3,(H,17,20)(H,18,19). The largest absolute Gasteiger partial charge is 0.481 e. The molecule has 5 heteroatoms. The Labute approximate surface area is 124 Å². The van der Waals surface area contributed by atoms with Gasteiger partial charge in [0.25, 0.3) is 5.91 Å². The van der Waals surface area contributed by atoms with Gasteiger partial charge in [-0.15, -0.1) is 0 Å². The summed E-state index contributed by atoms with van der Waals surface area (Å²) in [5.41, 5.74) is 1.05. The molecule has 2 rings (SSSR count). The van der Waals surface area contributed by atoms with Crippen LogP contribution in [0.4, 0.5) is 0 Å². The van der Waals surface area contributed by atoms with Crippen LogP contribution in [-0.4, -0.2) is 23.5 Å². The van der Waals surface area contributed by atoms with Gasteiger partial charge in [0.15, 0.2) is 0 Å². The molecule has 1 amide bonds. The molecule has 21 heavy (non-hydrogen) atoms. The number of rotatable bonds is 7. The number of hydrogen-bond acceptors (Lipinski definition) is 3. The highest BCUT2D eigenvalue weighted by Gasteiger charge is 2.20. The molecular formula is C16H23NO4. The SMILES string of the molecule is Cc1coc(CC(=O)O)c1C(=O)NCCCC1CCCC1. The quantitative estimate of drug-likeness (QED) is 0.758. The zero-order valence-corrected chi connectivity index (χ0v) is 12.5. The van der Waals surface area contributed by atoms with Gasteiger partial charge in [-0.1, -0.05) is 25.7 Å². The summed E-state index contributed by atoms with van der Waals surface area (Å²) in [4.78, 5) is 22.9. The topological polar surface area (TPSA) is 79.5 Å². The molecule has 0 bridgehead atoms. The highest BCUT2D eigenvalue weighted by atomic mass is 16.4. The highest BCUT2D eigenvalue weighted by Crippen LogP contribution is 2.28. The van der Waals surface area contributed by atoms with Crippen molar-refractivity contribution in [1.82, 2.24) is 5.32 Å². The molecule has 0 aliphatic heterocycles. The van der Waals surface area contributed by atoms with Crippen molar-refractivity contribution in [3.05, 3.63) is 23.2 Å². The number of carboxylic acids is 1. The van der Waals surface area contributed by atoms with Gasteiger partial charge in [0, 0.05) is 12.1 Å². The number of hydrogen-bond donors (Lipinski definition) is 2. The maximum Gasteiger partial charge on any atom is 0.311 e. The van der Waals surface area contributed by atoms with Crippen molar-refractivity contribution in [3.63, 3.8) is 0 Å². The molecular weight excluding hydrogens is 270 g/mol. The van der Waals surface area contributed by atoms with E-state index in [1.165, 1.54) is 31.9 Å². The molecule has 0 saturated heterocycles. The third-order valence-electron chi connectivity index (χ3n) is 4.14. The predicted octanol–water partition coefficient (Wildman–Crippen LogP) is 2.92. The number of furan rings is 1. The Balaban J connectivity index is 1.82. The molecule has 1 aromatic rings. The van der Waals surface area contributed by atoms with Gasteiger partial charge >= 0.3 is 5.97 Å².